The average Bonchev–Trinajstić information content (AvgIpc) is 2.28. The van der Waals surface area contributed by atoms with Gasteiger partial charge in [-0.05, 0) is 32.4 Å². The lowest BCUT2D eigenvalue weighted by molar-refractivity contribution is 0.703. The standard InChI is InChI=1S/C10H15N/c1-2-3-5-10-6-4-8-11-9-7-10/h1,5,11H,3-4,6-9H2/b10-5-. The van der Waals surface area contributed by atoms with Crippen molar-refractivity contribution in [3.8, 4) is 12.3 Å². The second-order valence-electron chi connectivity index (χ2n) is 2.87. The molecular formula is C10H15N. The Balaban J connectivity index is 2.37. The third-order valence-electron chi connectivity index (χ3n) is 1.98. The summed E-state index contributed by atoms with van der Waals surface area (Å²) in [6.07, 6.45) is 11.9. The quantitative estimate of drug-likeness (QED) is 0.442. The fraction of sp³-hybridized carbons (Fsp3) is 0.600. The van der Waals surface area contributed by atoms with Crippen LogP contribution in [0.1, 0.15) is 25.7 Å². The third kappa shape index (κ3) is 3.25. The van der Waals surface area contributed by atoms with Crippen molar-refractivity contribution >= 4 is 0 Å². The van der Waals surface area contributed by atoms with Gasteiger partial charge in [-0.15, -0.1) is 12.3 Å². The molecule has 1 fully saturated rings. The Hall–Kier alpha value is -0.740. The first-order valence-corrected chi connectivity index (χ1v) is 4.25. The van der Waals surface area contributed by atoms with E-state index in [2.05, 4.69) is 17.3 Å². The summed E-state index contributed by atoms with van der Waals surface area (Å²) in [7, 11) is 0. The van der Waals surface area contributed by atoms with Crippen molar-refractivity contribution in [1.29, 1.82) is 0 Å². The summed E-state index contributed by atoms with van der Waals surface area (Å²) in [6.45, 7) is 2.28. The van der Waals surface area contributed by atoms with Gasteiger partial charge in [0, 0.05) is 6.42 Å². The van der Waals surface area contributed by atoms with Gasteiger partial charge in [0.15, 0.2) is 0 Å². The molecule has 1 N–H and O–H groups in total. The lowest BCUT2D eigenvalue weighted by Gasteiger charge is -1.98. The van der Waals surface area contributed by atoms with Gasteiger partial charge in [0.2, 0.25) is 0 Å². The Morgan fingerprint density at radius 3 is 3.18 bits per heavy atom. The van der Waals surface area contributed by atoms with E-state index in [-0.39, 0.29) is 0 Å². The Kier molecular flexibility index (Phi) is 3.79. The molecule has 1 heteroatoms. The van der Waals surface area contributed by atoms with Crippen LogP contribution in [0.2, 0.25) is 0 Å². The van der Waals surface area contributed by atoms with Crippen molar-refractivity contribution in [2.45, 2.75) is 25.7 Å². The summed E-state index contributed by atoms with van der Waals surface area (Å²) < 4.78 is 0. The van der Waals surface area contributed by atoms with Gasteiger partial charge < -0.3 is 5.32 Å². The van der Waals surface area contributed by atoms with Crippen molar-refractivity contribution in [2.24, 2.45) is 0 Å². The van der Waals surface area contributed by atoms with Gasteiger partial charge in [-0.2, -0.15) is 0 Å². The zero-order valence-corrected chi connectivity index (χ0v) is 6.90. The molecule has 0 amide bonds. The van der Waals surface area contributed by atoms with Crippen LogP contribution in [0.4, 0.5) is 0 Å². The summed E-state index contributed by atoms with van der Waals surface area (Å²) >= 11 is 0. The van der Waals surface area contributed by atoms with E-state index >= 15 is 0 Å². The second-order valence-corrected chi connectivity index (χ2v) is 2.87. The lowest BCUT2D eigenvalue weighted by Crippen LogP contribution is -2.13. The molecule has 0 aromatic heterocycles. The average molecular weight is 149 g/mol. The summed E-state index contributed by atoms with van der Waals surface area (Å²) in [5.74, 6) is 2.64. The first kappa shape index (κ1) is 8.36. The molecule has 0 radical (unpaired) electrons. The highest BCUT2D eigenvalue weighted by atomic mass is 14.8. The van der Waals surface area contributed by atoms with Crippen LogP contribution < -0.4 is 5.32 Å². The molecule has 0 unspecified atom stereocenters. The topological polar surface area (TPSA) is 12.0 Å². The molecular weight excluding hydrogens is 134 g/mol. The molecule has 1 rings (SSSR count). The van der Waals surface area contributed by atoms with Crippen LogP contribution in [-0.2, 0) is 0 Å². The van der Waals surface area contributed by atoms with Gasteiger partial charge in [-0.3, -0.25) is 0 Å². The van der Waals surface area contributed by atoms with Crippen LogP contribution in [0.25, 0.3) is 0 Å². The minimum atomic E-state index is 0.801. The first-order chi connectivity index (χ1) is 5.43. The van der Waals surface area contributed by atoms with Gasteiger partial charge in [0.25, 0.3) is 0 Å². The number of terminal acetylenes is 1. The molecule has 60 valence electrons. The molecule has 0 aromatic carbocycles. The van der Waals surface area contributed by atoms with E-state index in [4.69, 9.17) is 6.42 Å². The van der Waals surface area contributed by atoms with Crippen molar-refractivity contribution < 1.29 is 0 Å². The minimum Gasteiger partial charge on any atom is -0.316 e. The van der Waals surface area contributed by atoms with Gasteiger partial charge in [-0.1, -0.05) is 11.6 Å². The monoisotopic (exact) mass is 149 g/mol. The maximum absolute atomic E-state index is 5.17. The fourth-order valence-electron chi connectivity index (χ4n) is 1.35. The highest BCUT2D eigenvalue weighted by Crippen LogP contribution is 2.12. The number of nitrogens with one attached hydrogen (secondary N) is 1. The van der Waals surface area contributed by atoms with Crippen LogP contribution in [0.3, 0.4) is 0 Å². The molecule has 1 aliphatic rings. The highest BCUT2D eigenvalue weighted by molar-refractivity contribution is 5.08. The molecule has 1 aliphatic heterocycles. The van der Waals surface area contributed by atoms with E-state index in [1.165, 1.54) is 24.8 Å². The largest absolute Gasteiger partial charge is 0.316 e. The summed E-state index contributed by atoms with van der Waals surface area (Å²) in [5, 5.41) is 3.36. The Bertz CT molecular complexity index is 164. The van der Waals surface area contributed by atoms with Crippen molar-refractivity contribution in [3.63, 3.8) is 0 Å². The maximum Gasteiger partial charge on any atom is 0.0269 e. The molecule has 0 atom stereocenters. The van der Waals surface area contributed by atoms with Crippen molar-refractivity contribution in [1.82, 2.24) is 5.32 Å². The van der Waals surface area contributed by atoms with E-state index in [0.29, 0.717) is 0 Å². The zero-order valence-electron chi connectivity index (χ0n) is 6.90. The smallest absolute Gasteiger partial charge is 0.0269 e. The van der Waals surface area contributed by atoms with Gasteiger partial charge in [0.1, 0.15) is 0 Å². The molecule has 0 aromatic rings. The van der Waals surface area contributed by atoms with Crippen molar-refractivity contribution in [3.05, 3.63) is 11.6 Å². The molecule has 0 aliphatic carbocycles. The van der Waals surface area contributed by atoms with Crippen LogP contribution >= 0.6 is 0 Å². The zero-order chi connectivity index (χ0) is 7.94. The van der Waals surface area contributed by atoms with Crippen LogP contribution in [0.5, 0.6) is 0 Å². The Morgan fingerprint density at radius 2 is 2.36 bits per heavy atom. The number of allylic oxidation sites excluding steroid dienone is 1. The lowest BCUT2D eigenvalue weighted by atomic mass is 10.1. The molecule has 1 heterocycles. The fourth-order valence-corrected chi connectivity index (χ4v) is 1.35. The molecule has 0 saturated carbocycles. The predicted octanol–water partition coefficient (Wildman–Crippen LogP) is 1.71. The van der Waals surface area contributed by atoms with Crippen LogP contribution in [0.15, 0.2) is 11.6 Å². The summed E-state index contributed by atoms with van der Waals surface area (Å²) in [6, 6.07) is 0. The normalized spacial score (nSPS) is 22.6. The minimum absolute atomic E-state index is 0.801. The maximum atomic E-state index is 5.17. The third-order valence-corrected chi connectivity index (χ3v) is 1.98. The van der Waals surface area contributed by atoms with E-state index in [0.717, 1.165) is 19.5 Å². The van der Waals surface area contributed by atoms with Gasteiger partial charge in [-0.25, -0.2) is 0 Å². The number of hydrogen-bond acceptors (Lipinski definition) is 1. The Labute approximate surface area is 68.9 Å². The molecule has 0 bridgehead atoms. The van der Waals surface area contributed by atoms with E-state index in [1.807, 2.05) is 0 Å². The Morgan fingerprint density at radius 1 is 1.45 bits per heavy atom. The van der Waals surface area contributed by atoms with Crippen molar-refractivity contribution in [2.75, 3.05) is 13.1 Å². The predicted molar refractivity (Wildman–Crippen MR) is 48.3 cm³/mol. The number of hydrogen-bond donors (Lipinski definition) is 1. The molecule has 1 saturated heterocycles. The molecule has 0 spiro atoms. The molecule has 11 heavy (non-hydrogen) atoms. The van der Waals surface area contributed by atoms with Gasteiger partial charge in [0.05, 0.1) is 0 Å². The van der Waals surface area contributed by atoms with E-state index in [1.54, 1.807) is 0 Å². The second kappa shape index (κ2) is 4.98. The number of rotatable bonds is 1. The molecule has 1 nitrogen and oxygen atoms in total. The summed E-state index contributed by atoms with van der Waals surface area (Å²) in [5.41, 5.74) is 1.54. The van der Waals surface area contributed by atoms with E-state index < -0.39 is 0 Å². The van der Waals surface area contributed by atoms with Crippen LogP contribution in [-0.4, -0.2) is 13.1 Å². The highest BCUT2D eigenvalue weighted by Gasteiger charge is 2.01. The van der Waals surface area contributed by atoms with Crippen LogP contribution in [0, 0.1) is 12.3 Å². The summed E-state index contributed by atoms with van der Waals surface area (Å²) in [4.78, 5) is 0. The first-order valence-electron chi connectivity index (χ1n) is 4.25. The SMILES string of the molecule is C#CC/C=C1/CCCNCC1. The van der Waals surface area contributed by atoms with Gasteiger partial charge >= 0.3 is 0 Å². The van der Waals surface area contributed by atoms with E-state index in [9.17, 15) is 0 Å².